The van der Waals surface area contributed by atoms with Crippen LogP contribution < -0.4 is 25.0 Å². The molecule has 6 nitrogen and oxygen atoms in total. The summed E-state index contributed by atoms with van der Waals surface area (Å²) in [5, 5.41) is 7.60. The maximum Gasteiger partial charge on any atom is 0.191 e. The zero-order chi connectivity index (χ0) is 19.9. The predicted molar refractivity (Wildman–Crippen MR) is 115 cm³/mol. The normalized spacial score (nSPS) is 16.8. The largest absolute Gasteiger partial charge is 0.497 e. The van der Waals surface area contributed by atoms with Gasteiger partial charge in [-0.15, -0.1) is 0 Å². The number of methoxy groups -OCH3 is 2. The number of rotatable bonds is 6. The van der Waals surface area contributed by atoms with Crippen molar-refractivity contribution in [3.05, 3.63) is 53.1 Å². The molecule has 1 aliphatic rings. The molecule has 0 radical (unpaired) electrons. The Morgan fingerprint density at radius 1 is 1.18 bits per heavy atom. The number of benzene rings is 2. The lowest BCUT2D eigenvalue weighted by atomic mass is 10.2. The summed E-state index contributed by atoms with van der Waals surface area (Å²) >= 11 is 6.23. The molecule has 1 unspecified atom stereocenters. The summed E-state index contributed by atoms with van der Waals surface area (Å²) in [5.74, 6) is 2.36. The molecule has 28 heavy (non-hydrogen) atoms. The van der Waals surface area contributed by atoms with Gasteiger partial charge in [-0.1, -0.05) is 29.8 Å². The van der Waals surface area contributed by atoms with E-state index in [1.54, 1.807) is 21.3 Å². The van der Waals surface area contributed by atoms with Crippen LogP contribution in [0.3, 0.4) is 0 Å². The lowest BCUT2D eigenvalue weighted by Gasteiger charge is -2.21. The number of nitrogens with one attached hydrogen (secondary N) is 2. The van der Waals surface area contributed by atoms with E-state index in [4.69, 9.17) is 21.1 Å². The van der Waals surface area contributed by atoms with Crippen molar-refractivity contribution in [2.24, 2.45) is 4.99 Å². The number of ether oxygens (including phenoxy) is 2. The van der Waals surface area contributed by atoms with Crippen LogP contribution in [0.5, 0.6) is 11.5 Å². The lowest BCUT2D eigenvalue weighted by molar-refractivity contribution is 0.394. The molecule has 7 heteroatoms. The number of aliphatic imine (C=N–C) groups is 1. The molecule has 0 aliphatic carbocycles. The van der Waals surface area contributed by atoms with E-state index < -0.39 is 0 Å². The van der Waals surface area contributed by atoms with Gasteiger partial charge in [-0.25, -0.2) is 0 Å². The van der Waals surface area contributed by atoms with E-state index >= 15 is 0 Å². The molecule has 2 aromatic carbocycles. The fourth-order valence-corrected chi connectivity index (χ4v) is 3.50. The molecule has 150 valence electrons. The van der Waals surface area contributed by atoms with E-state index in [0.717, 1.165) is 53.2 Å². The topological polar surface area (TPSA) is 58.1 Å². The van der Waals surface area contributed by atoms with Crippen molar-refractivity contribution in [3.63, 3.8) is 0 Å². The van der Waals surface area contributed by atoms with E-state index in [1.807, 2.05) is 42.5 Å². The molecule has 0 amide bonds. The van der Waals surface area contributed by atoms with Gasteiger partial charge in [-0.3, -0.25) is 4.99 Å². The Hall–Kier alpha value is -2.60. The average Bonchev–Trinajstić information content (AvgIpc) is 3.20. The fraction of sp³-hybridized carbons (Fsp3) is 0.381. The number of hydrogen-bond acceptors (Lipinski definition) is 4. The number of hydrogen-bond donors (Lipinski definition) is 2. The molecule has 1 heterocycles. The molecule has 2 N–H and O–H groups in total. The minimum Gasteiger partial charge on any atom is -0.497 e. The van der Waals surface area contributed by atoms with Crippen molar-refractivity contribution in [2.45, 2.75) is 19.0 Å². The monoisotopic (exact) mass is 402 g/mol. The first-order chi connectivity index (χ1) is 13.6. The standard InChI is InChI=1S/C21H27ClN4O2/c1-23-21(24-13-15-6-4-5-7-20(15)22)25-16-8-9-26(14-16)17-10-18(27-2)12-19(11-17)28-3/h4-7,10-12,16H,8-9,13-14H2,1-3H3,(H2,23,24,25). The van der Waals surface area contributed by atoms with E-state index in [9.17, 15) is 0 Å². The summed E-state index contributed by atoms with van der Waals surface area (Å²) in [6.45, 7) is 2.46. The summed E-state index contributed by atoms with van der Waals surface area (Å²) in [7, 11) is 5.12. The second-order valence-electron chi connectivity index (χ2n) is 6.66. The van der Waals surface area contributed by atoms with Gasteiger partial charge in [-0.05, 0) is 18.1 Å². The quantitative estimate of drug-likeness (QED) is 0.573. The molecule has 0 bridgehead atoms. The highest BCUT2D eigenvalue weighted by Gasteiger charge is 2.24. The van der Waals surface area contributed by atoms with Gasteiger partial charge in [0.15, 0.2) is 5.96 Å². The number of anilines is 1. The summed E-state index contributed by atoms with van der Waals surface area (Å²) in [4.78, 5) is 6.67. The van der Waals surface area contributed by atoms with Crippen LogP contribution in [-0.2, 0) is 6.54 Å². The molecule has 0 aromatic heterocycles. The van der Waals surface area contributed by atoms with Crippen LogP contribution in [0.15, 0.2) is 47.5 Å². The molecule has 2 aromatic rings. The van der Waals surface area contributed by atoms with E-state index in [0.29, 0.717) is 12.6 Å². The Bertz CT molecular complexity index is 806. The Labute approximate surface area is 171 Å². The molecule has 1 aliphatic heterocycles. The highest BCUT2D eigenvalue weighted by Crippen LogP contribution is 2.30. The third-order valence-electron chi connectivity index (χ3n) is 4.86. The van der Waals surface area contributed by atoms with Gasteiger partial charge < -0.3 is 25.0 Å². The van der Waals surface area contributed by atoms with Crippen molar-refractivity contribution in [1.82, 2.24) is 10.6 Å². The number of nitrogens with zero attached hydrogens (tertiary/aromatic N) is 2. The average molecular weight is 403 g/mol. The number of halogens is 1. The summed E-state index contributed by atoms with van der Waals surface area (Å²) in [5.41, 5.74) is 2.14. The smallest absolute Gasteiger partial charge is 0.191 e. The Kier molecular flexibility index (Phi) is 6.87. The van der Waals surface area contributed by atoms with Crippen LogP contribution in [-0.4, -0.2) is 46.4 Å². The second-order valence-corrected chi connectivity index (χ2v) is 7.07. The minimum atomic E-state index is 0.301. The first kappa shape index (κ1) is 20.1. The van der Waals surface area contributed by atoms with Crippen molar-refractivity contribution >= 4 is 23.2 Å². The highest BCUT2D eigenvalue weighted by atomic mass is 35.5. The first-order valence-electron chi connectivity index (χ1n) is 9.31. The highest BCUT2D eigenvalue weighted by molar-refractivity contribution is 6.31. The Morgan fingerprint density at radius 2 is 1.89 bits per heavy atom. The maximum atomic E-state index is 6.23. The molecular formula is C21H27ClN4O2. The Balaban J connectivity index is 1.58. The molecule has 3 rings (SSSR count). The molecule has 1 saturated heterocycles. The van der Waals surface area contributed by atoms with E-state index in [-0.39, 0.29) is 0 Å². The van der Waals surface area contributed by atoms with Gasteiger partial charge >= 0.3 is 0 Å². The first-order valence-corrected chi connectivity index (χ1v) is 9.69. The van der Waals surface area contributed by atoms with Crippen LogP contribution >= 0.6 is 11.6 Å². The molecule has 0 spiro atoms. The van der Waals surface area contributed by atoms with E-state index in [2.05, 4.69) is 20.5 Å². The third-order valence-corrected chi connectivity index (χ3v) is 5.23. The van der Waals surface area contributed by atoms with Crippen LogP contribution in [0.2, 0.25) is 5.02 Å². The van der Waals surface area contributed by atoms with Gasteiger partial charge in [0.2, 0.25) is 0 Å². The summed E-state index contributed by atoms with van der Waals surface area (Å²) in [6, 6.07) is 14.1. The zero-order valence-electron chi connectivity index (χ0n) is 16.5. The summed E-state index contributed by atoms with van der Waals surface area (Å²) in [6.07, 6.45) is 1.02. The minimum absolute atomic E-state index is 0.301. The SMILES string of the molecule is CN=C(NCc1ccccc1Cl)NC1CCN(c2cc(OC)cc(OC)c2)C1. The van der Waals surface area contributed by atoms with Gasteiger partial charge in [0.1, 0.15) is 11.5 Å². The molecule has 0 saturated carbocycles. The molecule has 1 atom stereocenters. The lowest BCUT2D eigenvalue weighted by Crippen LogP contribution is -2.44. The van der Waals surface area contributed by atoms with Crippen molar-refractivity contribution in [1.29, 1.82) is 0 Å². The van der Waals surface area contributed by atoms with Gasteiger partial charge in [-0.2, -0.15) is 0 Å². The van der Waals surface area contributed by atoms with Crippen LogP contribution in [0.4, 0.5) is 5.69 Å². The third kappa shape index (κ3) is 5.01. The van der Waals surface area contributed by atoms with E-state index in [1.165, 1.54) is 0 Å². The van der Waals surface area contributed by atoms with Crippen LogP contribution in [0.1, 0.15) is 12.0 Å². The van der Waals surface area contributed by atoms with Crippen LogP contribution in [0, 0.1) is 0 Å². The van der Waals surface area contributed by atoms with Crippen LogP contribution in [0.25, 0.3) is 0 Å². The molecular weight excluding hydrogens is 376 g/mol. The van der Waals surface area contributed by atoms with Crippen molar-refractivity contribution in [3.8, 4) is 11.5 Å². The van der Waals surface area contributed by atoms with Gasteiger partial charge in [0, 0.05) is 61.6 Å². The fourth-order valence-electron chi connectivity index (χ4n) is 3.30. The van der Waals surface area contributed by atoms with Crippen molar-refractivity contribution < 1.29 is 9.47 Å². The second kappa shape index (κ2) is 9.55. The predicted octanol–water partition coefficient (Wildman–Crippen LogP) is 3.30. The molecule has 1 fully saturated rings. The number of guanidine groups is 1. The summed E-state index contributed by atoms with van der Waals surface area (Å²) < 4.78 is 10.8. The van der Waals surface area contributed by atoms with Gasteiger partial charge in [0.25, 0.3) is 0 Å². The Morgan fingerprint density at radius 3 is 2.54 bits per heavy atom. The van der Waals surface area contributed by atoms with Crippen molar-refractivity contribution in [2.75, 3.05) is 39.3 Å². The zero-order valence-corrected chi connectivity index (χ0v) is 17.3. The maximum absolute atomic E-state index is 6.23. The van der Waals surface area contributed by atoms with Gasteiger partial charge in [0.05, 0.1) is 14.2 Å².